The number of aromatic hydroxyl groups is 2. The Morgan fingerprint density at radius 2 is 0.817 bits per heavy atom. The molecule has 10 rings (SSSR count). The zero-order valence-electron chi connectivity index (χ0n) is 39.1. The van der Waals surface area contributed by atoms with Gasteiger partial charge < -0.3 is 20.4 Å². The third kappa shape index (κ3) is 11.4. The molecule has 4 N–H and O–H groups in total. The zero-order valence-corrected chi connectivity index (χ0v) is 40.4. The van der Waals surface area contributed by atoms with Gasteiger partial charge in [-0.2, -0.15) is 10.2 Å². The van der Waals surface area contributed by atoms with Gasteiger partial charge in [0.25, 0.3) is 0 Å². The molecule has 0 radical (unpaired) electrons. The minimum Gasteiger partial charge on any atom is -0.493 e. The van der Waals surface area contributed by atoms with E-state index < -0.39 is 11.9 Å². The molecule has 2 heterocycles. The number of hydrogen-bond donors (Lipinski definition) is 4. The standard InChI is InChI=1S/2C29H27N3O3.Cr/c2*33-28-25(27(21-12-6-2-7-13-21)31-32(28)23-14-8-3-9-15-23)19-30-26-18-22(16-17-24(26)29(34)35)20-10-4-1-5-11-20;/h2*2-3,6-9,12-20,33H,1,4-5,10-11H2,(H,34,35);. The summed E-state index contributed by atoms with van der Waals surface area (Å²) in [5, 5.41) is 51.1. The van der Waals surface area contributed by atoms with Gasteiger partial charge in [-0.1, -0.05) is 148 Å². The van der Waals surface area contributed by atoms with E-state index >= 15 is 0 Å². The van der Waals surface area contributed by atoms with Crippen LogP contribution in [0.4, 0.5) is 11.4 Å². The van der Waals surface area contributed by atoms with E-state index in [9.17, 15) is 30.0 Å². The first-order valence-corrected chi connectivity index (χ1v) is 23.9. The summed E-state index contributed by atoms with van der Waals surface area (Å²) >= 11 is 0. The number of aromatic carboxylic acids is 2. The number of carboxylic acids is 2. The van der Waals surface area contributed by atoms with Crippen LogP contribution in [-0.2, 0) is 17.4 Å². The van der Waals surface area contributed by atoms with Crippen LogP contribution in [0.15, 0.2) is 168 Å². The van der Waals surface area contributed by atoms with Crippen molar-refractivity contribution >= 4 is 35.7 Å². The monoisotopic (exact) mass is 982 g/mol. The Morgan fingerprint density at radius 1 is 0.479 bits per heavy atom. The van der Waals surface area contributed by atoms with Gasteiger partial charge in [0.15, 0.2) is 0 Å². The van der Waals surface area contributed by atoms with E-state index in [-0.39, 0.29) is 40.2 Å². The van der Waals surface area contributed by atoms with E-state index in [0.29, 0.717) is 57.1 Å². The number of nitrogens with zero attached hydrogens (tertiary/aromatic N) is 6. The van der Waals surface area contributed by atoms with Crippen molar-refractivity contribution in [2.24, 2.45) is 9.98 Å². The molecule has 0 saturated heterocycles. The molecule has 2 aliphatic carbocycles. The summed E-state index contributed by atoms with van der Waals surface area (Å²) in [6, 6.07) is 48.8. The predicted octanol–water partition coefficient (Wildman–Crippen LogP) is 13.5. The molecule has 0 aliphatic heterocycles. The van der Waals surface area contributed by atoms with Crippen LogP contribution < -0.4 is 0 Å². The summed E-state index contributed by atoms with van der Waals surface area (Å²) in [6.07, 6.45) is 14.8. The molecule has 0 unspecified atom stereocenters. The topological polar surface area (TPSA) is 175 Å². The summed E-state index contributed by atoms with van der Waals surface area (Å²) in [5.74, 6) is -1.32. The SMILES string of the molecule is O=C(O)c1ccc(C2CCCCC2)cc1N=Cc1c(-c2ccccc2)nn(-c2ccccc2)c1O.O=C(O)c1ccc(C2CCCCC2)cc1N=Cc1c(-c2ccccc2)nn(-c2ccccc2)c1O.[Cr]. The van der Waals surface area contributed by atoms with Crippen LogP contribution in [0.1, 0.15) is 119 Å². The Morgan fingerprint density at radius 3 is 1.15 bits per heavy atom. The molecular formula is C58H54CrN6O6. The number of aliphatic imine (C=N–C) groups is 2. The summed E-state index contributed by atoms with van der Waals surface area (Å²) in [7, 11) is 0. The van der Waals surface area contributed by atoms with E-state index in [1.807, 2.05) is 146 Å². The normalized spacial score (nSPS) is 14.2. The van der Waals surface area contributed by atoms with Gasteiger partial charge in [0.1, 0.15) is 11.4 Å². The Kier molecular flexibility index (Phi) is 16.2. The number of para-hydroxylation sites is 2. The van der Waals surface area contributed by atoms with Gasteiger partial charge in [0.2, 0.25) is 11.8 Å². The second-order valence-corrected chi connectivity index (χ2v) is 17.7. The molecule has 6 aromatic carbocycles. The Balaban J connectivity index is 0.000000188. The minimum absolute atomic E-state index is 0. The Hall–Kier alpha value is -7.85. The van der Waals surface area contributed by atoms with Crippen molar-refractivity contribution in [3.8, 4) is 45.6 Å². The molecule has 8 aromatic rings. The fourth-order valence-corrected chi connectivity index (χ4v) is 9.52. The van der Waals surface area contributed by atoms with Gasteiger partial charge in [-0.25, -0.2) is 19.0 Å². The van der Waals surface area contributed by atoms with Gasteiger partial charge in [-0.3, -0.25) is 9.98 Å². The zero-order chi connectivity index (χ0) is 48.4. The van der Waals surface area contributed by atoms with Gasteiger partial charge in [0.05, 0.1) is 45.0 Å². The molecule has 2 saturated carbocycles. The van der Waals surface area contributed by atoms with Crippen LogP contribution in [-0.4, -0.2) is 64.4 Å². The van der Waals surface area contributed by atoms with Crippen molar-refractivity contribution in [3.05, 3.63) is 191 Å². The summed E-state index contributed by atoms with van der Waals surface area (Å²) in [5.41, 5.74) is 8.35. The Bertz CT molecular complexity index is 2930. The molecule has 358 valence electrons. The average molecular weight is 983 g/mol. The molecule has 2 aliphatic rings. The van der Waals surface area contributed by atoms with Gasteiger partial charge in [-0.05, 0) is 97.2 Å². The van der Waals surface area contributed by atoms with Crippen molar-refractivity contribution in [1.29, 1.82) is 0 Å². The number of aromatic nitrogens is 4. The quantitative estimate of drug-likeness (QED) is 0.0875. The first-order valence-electron chi connectivity index (χ1n) is 23.9. The summed E-state index contributed by atoms with van der Waals surface area (Å²) in [4.78, 5) is 33.0. The fourth-order valence-electron chi connectivity index (χ4n) is 9.52. The number of rotatable bonds is 12. The summed E-state index contributed by atoms with van der Waals surface area (Å²) < 4.78 is 2.94. The molecule has 0 amide bonds. The second kappa shape index (κ2) is 23.2. The maximum absolute atomic E-state index is 11.9. The molecule has 0 bridgehead atoms. The third-order valence-electron chi connectivity index (χ3n) is 13.2. The first-order chi connectivity index (χ1) is 34.2. The minimum atomic E-state index is -1.03. The van der Waals surface area contributed by atoms with E-state index in [4.69, 9.17) is 0 Å². The average Bonchev–Trinajstić information content (AvgIpc) is 3.93. The second-order valence-electron chi connectivity index (χ2n) is 17.7. The first kappa shape index (κ1) is 49.6. The predicted molar refractivity (Wildman–Crippen MR) is 274 cm³/mol. The molecule has 12 nitrogen and oxygen atoms in total. The van der Waals surface area contributed by atoms with Crippen LogP contribution in [0, 0.1) is 0 Å². The van der Waals surface area contributed by atoms with Crippen LogP contribution in [0.25, 0.3) is 33.9 Å². The van der Waals surface area contributed by atoms with Crippen molar-refractivity contribution in [2.45, 2.75) is 76.0 Å². The molecule has 2 fully saturated rings. The maximum Gasteiger partial charge on any atom is 0.337 e. The van der Waals surface area contributed by atoms with Gasteiger partial charge in [0, 0.05) is 40.9 Å². The molecule has 0 spiro atoms. The van der Waals surface area contributed by atoms with E-state index in [2.05, 4.69) is 20.2 Å². The van der Waals surface area contributed by atoms with Gasteiger partial charge >= 0.3 is 11.9 Å². The van der Waals surface area contributed by atoms with E-state index in [0.717, 1.165) is 47.9 Å². The van der Waals surface area contributed by atoms with Crippen LogP contribution in [0.2, 0.25) is 0 Å². The van der Waals surface area contributed by atoms with E-state index in [1.54, 1.807) is 12.1 Å². The van der Waals surface area contributed by atoms with Crippen molar-refractivity contribution in [2.75, 3.05) is 0 Å². The largest absolute Gasteiger partial charge is 0.493 e. The fraction of sp³-hybridized carbons (Fsp3) is 0.207. The molecule has 13 heteroatoms. The number of benzene rings is 6. The number of carboxylic acid groups (broad SMARTS) is 2. The maximum atomic E-state index is 11.9. The smallest absolute Gasteiger partial charge is 0.337 e. The summed E-state index contributed by atoms with van der Waals surface area (Å²) in [6.45, 7) is 0. The van der Waals surface area contributed by atoms with Crippen LogP contribution in [0.5, 0.6) is 11.8 Å². The molecule has 71 heavy (non-hydrogen) atoms. The van der Waals surface area contributed by atoms with Gasteiger partial charge in [-0.15, -0.1) is 0 Å². The van der Waals surface area contributed by atoms with Crippen LogP contribution in [0.3, 0.4) is 0 Å². The number of hydrogen-bond acceptors (Lipinski definition) is 8. The Labute approximate surface area is 423 Å². The number of carbonyl (C=O) groups is 2. The van der Waals surface area contributed by atoms with Crippen molar-refractivity contribution in [1.82, 2.24) is 19.6 Å². The molecular weight excluding hydrogens is 929 g/mol. The van der Waals surface area contributed by atoms with Crippen LogP contribution >= 0.6 is 0 Å². The van der Waals surface area contributed by atoms with Crippen molar-refractivity contribution < 1.29 is 47.4 Å². The van der Waals surface area contributed by atoms with E-state index in [1.165, 1.54) is 60.3 Å². The molecule has 0 atom stereocenters. The van der Waals surface area contributed by atoms with Crippen molar-refractivity contribution in [3.63, 3.8) is 0 Å². The molecule has 2 aromatic heterocycles. The third-order valence-corrected chi connectivity index (χ3v) is 13.2.